The Labute approximate surface area is 112 Å². The first kappa shape index (κ1) is 12.1. The van der Waals surface area contributed by atoms with E-state index in [1.807, 2.05) is 31.2 Å². The van der Waals surface area contributed by atoms with Gasteiger partial charge in [0.15, 0.2) is 0 Å². The number of aliphatic imine (C=N–C) groups is 2. The molecule has 1 aromatic carbocycles. The van der Waals surface area contributed by atoms with E-state index in [4.69, 9.17) is 5.73 Å². The first-order valence-corrected chi connectivity index (χ1v) is 6.83. The van der Waals surface area contributed by atoms with Gasteiger partial charge in [-0.15, -0.1) is 0 Å². The minimum atomic E-state index is 0.574. The van der Waals surface area contributed by atoms with Gasteiger partial charge in [0.2, 0.25) is 0 Å². The normalized spacial score (nSPS) is 14.9. The number of hydrogen-bond acceptors (Lipinski definition) is 2. The molecule has 0 unspecified atom stereocenters. The molecule has 2 rings (SSSR count). The van der Waals surface area contributed by atoms with Gasteiger partial charge in [-0.05, 0) is 0 Å². The van der Waals surface area contributed by atoms with Gasteiger partial charge in [0.05, 0.1) is 0 Å². The number of para-hydroxylation sites is 1. The fourth-order valence-electron chi connectivity index (χ4n) is 1.63. The zero-order valence-electron chi connectivity index (χ0n) is 9.55. The molecule has 1 aliphatic rings. The second kappa shape index (κ2) is 5.33. The molecule has 0 fully saturated rings. The summed E-state index contributed by atoms with van der Waals surface area (Å²) in [6.07, 6.45) is 4.43. The summed E-state index contributed by atoms with van der Waals surface area (Å²) in [6.45, 7) is 1.92. The summed E-state index contributed by atoms with van der Waals surface area (Å²) in [5.74, 6) is 0.574. The van der Waals surface area contributed by atoms with Crippen LogP contribution in [-0.2, 0) is 25.8 Å². The molecule has 0 spiro atoms. The molecule has 0 radical (unpaired) electrons. The molecule has 4 heteroatoms. The molecule has 0 saturated heterocycles. The molecule has 0 saturated carbocycles. The van der Waals surface area contributed by atoms with Crippen molar-refractivity contribution in [3.63, 3.8) is 0 Å². The Morgan fingerprint density at radius 1 is 1.47 bits per heavy atom. The number of rotatable bonds is 3. The summed E-state index contributed by atoms with van der Waals surface area (Å²) < 4.78 is 1.04. The third-order valence-electron chi connectivity index (χ3n) is 2.46. The van der Waals surface area contributed by atoms with Crippen molar-refractivity contribution in [3.8, 4) is 0 Å². The van der Waals surface area contributed by atoms with Crippen molar-refractivity contribution in [3.05, 3.63) is 42.1 Å². The van der Waals surface area contributed by atoms with Gasteiger partial charge in [-0.2, -0.15) is 0 Å². The molecule has 2 N–H and O–H groups in total. The topological polar surface area (TPSA) is 50.7 Å². The van der Waals surface area contributed by atoms with Gasteiger partial charge >= 0.3 is 112 Å². The van der Waals surface area contributed by atoms with Crippen molar-refractivity contribution < 1.29 is 19.4 Å². The number of allylic oxidation sites excluding steroid dienone is 1. The van der Waals surface area contributed by atoms with Crippen LogP contribution in [0.25, 0.3) is 0 Å². The standard InChI is InChI=1S/C13H13N3.W/c1-2-7-15-13(14)9-11-8-10-5-3-4-6-12(10)16-11;/h2-7H,8H2,1H3,(H2,14,15);. The molecular weight excluding hydrogens is 382 g/mol. The van der Waals surface area contributed by atoms with Gasteiger partial charge < -0.3 is 0 Å². The van der Waals surface area contributed by atoms with Gasteiger partial charge in [-0.1, -0.05) is 0 Å². The van der Waals surface area contributed by atoms with Crippen LogP contribution in [0.4, 0.5) is 5.69 Å². The Morgan fingerprint density at radius 2 is 2.24 bits per heavy atom. The summed E-state index contributed by atoms with van der Waals surface area (Å²) in [4.78, 5) is 8.76. The number of nitrogens with zero attached hydrogens (tertiary/aromatic N) is 2. The molecule has 86 valence electrons. The molecule has 0 bridgehead atoms. The first-order chi connectivity index (χ1) is 8.22. The number of hydrogen-bond donors (Lipinski definition) is 1. The predicted octanol–water partition coefficient (Wildman–Crippen LogP) is 1.93. The van der Waals surface area contributed by atoms with Crippen molar-refractivity contribution in [2.75, 3.05) is 0 Å². The van der Waals surface area contributed by atoms with Gasteiger partial charge in [-0.3, -0.25) is 0 Å². The molecule has 0 atom stereocenters. The van der Waals surface area contributed by atoms with Crippen LogP contribution in [0.3, 0.4) is 0 Å². The Balaban J connectivity index is 2.20. The zero-order valence-corrected chi connectivity index (χ0v) is 12.5. The van der Waals surface area contributed by atoms with E-state index >= 15 is 0 Å². The van der Waals surface area contributed by atoms with Crippen molar-refractivity contribution in [1.29, 1.82) is 0 Å². The van der Waals surface area contributed by atoms with Crippen molar-refractivity contribution in [1.82, 2.24) is 0 Å². The Bertz CT molecular complexity index is 541. The molecular formula is C13H13N3W. The van der Waals surface area contributed by atoms with Crippen molar-refractivity contribution >= 4 is 21.1 Å². The average molecular weight is 395 g/mol. The third kappa shape index (κ3) is 2.67. The van der Waals surface area contributed by atoms with Crippen LogP contribution in [0.15, 0.2) is 46.5 Å². The van der Waals surface area contributed by atoms with Gasteiger partial charge in [-0.25, -0.2) is 0 Å². The number of benzene rings is 1. The van der Waals surface area contributed by atoms with Crippen LogP contribution in [-0.4, -0.2) is 15.4 Å². The summed E-state index contributed by atoms with van der Waals surface area (Å²) >= 11 is 1.30. The van der Waals surface area contributed by atoms with Crippen LogP contribution in [0.5, 0.6) is 0 Å². The van der Waals surface area contributed by atoms with Gasteiger partial charge in [0.25, 0.3) is 0 Å². The molecule has 1 heterocycles. The SMILES string of the molecule is CC=CN=C(N)[C](=[W])C1=Nc2ccccc2C1. The minimum absolute atomic E-state index is 0.574. The van der Waals surface area contributed by atoms with Crippen LogP contribution >= 0.6 is 0 Å². The number of amidine groups is 1. The number of nitrogens with two attached hydrogens (primary N) is 1. The molecule has 0 aliphatic carbocycles. The van der Waals surface area contributed by atoms with E-state index in [1.54, 1.807) is 6.20 Å². The van der Waals surface area contributed by atoms with E-state index in [1.165, 1.54) is 24.9 Å². The van der Waals surface area contributed by atoms with Crippen LogP contribution < -0.4 is 5.73 Å². The van der Waals surface area contributed by atoms with Crippen LogP contribution in [0.1, 0.15) is 12.5 Å². The van der Waals surface area contributed by atoms with Crippen LogP contribution in [0.2, 0.25) is 0 Å². The molecule has 3 nitrogen and oxygen atoms in total. The maximum absolute atomic E-state index is 5.92. The zero-order chi connectivity index (χ0) is 12.3. The molecule has 0 amide bonds. The fraction of sp³-hybridized carbons (Fsp3) is 0.154. The summed E-state index contributed by atoms with van der Waals surface area (Å²) in [7, 11) is 0. The summed E-state index contributed by atoms with van der Waals surface area (Å²) in [5, 5.41) is 0. The Kier molecular flexibility index (Phi) is 3.80. The maximum atomic E-state index is 5.92. The van der Waals surface area contributed by atoms with Gasteiger partial charge in [0.1, 0.15) is 0 Å². The Morgan fingerprint density at radius 3 is 2.94 bits per heavy atom. The van der Waals surface area contributed by atoms with Crippen molar-refractivity contribution in [2.24, 2.45) is 15.7 Å². The monoisotopic (exact) mass is 395 g/mol. The fourth-order valence-corrected chi connectivity index (χ4v) is 2.24. The van der Waals surface area contributed by atoms with E-state index in [0.29, 0.717) is 5.84 Å². The average Bonchev–Trinajstić information content (AvgIpc) is 2.78. The molecule has 1 aromatic rings. The van der Waals surface area contributed by atoms with E-state index in [0.717, 1.165) is 21.7 Å². The van der Waals surface area contributed by atoms with Crippen LogP contribution in [0, 0.1) is 0 Å². The molecule has 1 aliphatic heterocycles. The Hall–Kier alpha value is -1.34. The van der Waals surface area contributed by atoms with Gasteiger partial charge in [0, 0.05) is 0 Å². The van der Waals surface area contributed by atoms with E-state index < -0.39 is 0 Å². The number of fused-ring (bicyclic) bond motifs is 1. The molecule has 0 aromatic heterocycles. The molecule has 17 heavy (non-hydrogen) atoms. The second-order valence-electron chi connectivity index (χ2n) is 3.69. The summed E-state index contributed by atoms with van der Waals surface area (Å²) in [6, 6.07) is 8.18. The summed E-state index contributed by atoms with van der Waals surface area (Å²) in [5.41, 5.74) is 9.29. The van der Waals surface area contributed by atoms with Crippen molar-refractivity contribution in [2.45, 2.75) is 13.3 Å². The predicted molar refractivity (Wildman–Crippen MR) is 68.7 cm³/mol. The first-order valence-electron chi connectivity index (χ1n) is 5.37. The van der Waals surface area contributed by atoms with E-state index in [2.05, 4.69) is 16.1 Å². The third-order valence-corrected chi connectivity index (χ3v) is 4.06. The second-order valence-corrected chi connectivity index (χ2v) is 5.16. The quantitative estimate of drug-likeness (QED) is 0.618. The van der Waals surface area contributed by atoms with E-state index in [-0.39, 0.29) is 0 Å². The van der Waals surface area contributed by atoms with E-state index in [9.17, 15) is 0 Å².